The van der Waals surface area contributed by atoms with Crippen molar-refractivity contribution in [2.45, 2.75) is 31.6 Å². The summed E-state index contributed by atoms with van der Waals surface area (Å²) in [5.74, 6) is 0.228. The fraction of sp³-hybridized carbons (Fsp3) is 0.812. The van der Waals surface area contributed by atoms with Crippen molar-refractivity contribution in [3.8, 4) is 0 Å². The fourth-order valence-corrected chi connectivity index (χ4v) is 3.96. The van der Waals surface area contributed by atoms with Gasteiger partial charge in [-0.15, -0.1) is 5.10 Å². The van der Waals surface area contributed by atoms with E-state index in [1.54, 1.807) is 6.20 Å². The molecule has 4 heterocycles. The quantitative estimate of drug-likeness (QED) is 0.732. The van der Waals surface area contributed by atoms with Crippen molar-refractivity contribution in [1.82, 2.24) is 29.7 Å². The number of amides is 1. The fourth-order valence-electron chi connectivity index (χ4n) is 3.96. The highest BCUT2D eigenvalue weighted by molar-refractivity contribution is 5.78. The Hall–Kier alpha value is -1.51. The van der Waals surface area contributed by atoms with Gasteiger partial charge in [0.15, 0.2) is 0 Å². The summed E-state index contributed by atoms with van der Waals surface area (Å²) in [6.45, 7) is 6.64. The van der Waals surface area contributed by atoms with Crippen molar-refractivity contribution >= 4 is 5.91 Å². The molecule has 4 rings (SSSR count). The molecule has 8 nitrogen and oxygen atoms in total. The first-order valence-corrected chi connectivity index (χ1v) is 8.90. The predicted molar refractivity (Wildman–Crippen MR) is 87.4 cm³/mol. The van der Waals surface area contributed by atoms with Crippen molar-refractivity contribution in [3.05, 3.63) is 11.9 Å². The van der Waals surface area contributed by atoms with E-state index in [9.17, 15) is 4.79 Å². The maximum atomic E-state index is 12.7. The van der Waals surface area contributed by atoms with Crippen LogP contribution in [0.5, 0.6) is 0 Å². The van der Waals surface area contributed by atoms with Gasteiger partial charge in [0.1, 0.15) is 0 Å². The molecule has 0 aliphatic carbocycles. The van der Waals surface area contributed by atoms with Crippen LogP contribution in [-0.4, -0.2) is 94.6 Å². The number of ether oxygens (including phenoxy) is 1. The van der Waals surface area contributed by atoms with E-state index in [2.05, 4.69) is 27.2 Å². The highest BCUT2D eigenvalue weighted by Crippen LogP contribution is 2.30. The molecule has 1 aromatic heterocycles. The first-order chi connectivity index (χ1) is 11.7. The molecule has 0 N–H and O–H groups in total. The second-order valence-electron chi connectivity index (χ2n) is 7.15. The van der Waals surface area contributed by atoms with Crippen LogP contribution in [0.1, 0.15) is 24.6 Å². The molecule has 1 aromatic rings. The largest absolute Gasteiger partial charge is 0.368 e. The summed E-state index contributed by atoms with van der Waals surface area (Å²) >= 11 is 0. The van der Waals surface area contributed by atoms with E-state index in [0.29, 0.717) is 19.7 Å². The summed E-state index contributed by atoms with van der Waals surface area (Å²) in [4.78, 5) is 19.3. The lowest BCUT2D eigenvalue weighted by atomic mass is 10.00. The molecule has 0 radical (unpaired) electrons. The lowest BCUT2D eigenvalue weighted by Gasteiger charge is -2.41. The van der Waals surface area contributed by atoms with Crippen molar-refractivity contribution in [3.63, 3.8) is 0 Å². The van der Waals surface area contributed by atoms with Gasteiger partial charge in [0.2, 0.25) is 5.91 Å². The molecule has 3 aliphatic rings. The molecular formula is C16H26N6O2. The molecule has 0 saturated carbocycles. The summed E-state index contributed by atoms with van der Waals surface area (Å²) in [5.41, 5.74) is 1.03. The van der Waals surface area contributed by atoms with E-state index in [0.717, 1.165) is 51.3 Å². The van der Waals surface area contributed by atoms with Gasteiger partial charge in [0.25, 0.3) is 0 Å². The average Bonchev–Trinajstić information content (AvgIpc) is 2.99. The van der Waals surface area contributed by atoms with Gasteiger partial charge in [0, 0.05) is 26.2 Å². The number of likely N-dealkylation sites (tertiary alicyclic amines) is 1. The van der Waals surface area contributed by atoms with Crippen LogP contribution < -0.4 is 0 Å². The number of hydrogen-bond donors (Lipinski definition) is 0. The Bertz CT molecular complexity index is 591. The zero-order valence-electron chi connectivity index (χ0n) is 14.3. The Morgan fingerprint density at radius 2 is 2.21 bits per heavy atom. The van der Waals surface area contributed by atoms with Gasteiger partial charge in [-0.1, -0.05) is 5.21 Å². The van der Waals surface area contributed by atoms with Gasteiger partial charge in [0.05, 0.1) is 37.2 Å². The van der Waals surface area contributed by atoms with Crippen LogP contribution >= 0.6 is 0 Å². The van der Waals surface area contributed by atoms with Gasteiger partial charge in [-0.3, -0.25) is 9.69 Å². The first kappa shape index (κ1) is 16.0. The topological polar surface area (TPSA) is 66.7 Å². The van der Waals surface area contributed by atoms with Crippen LogP contribution in [0.4, 0.5) is 0 Å². The molecule has 132 valence electrons. The van der Waals surface area contributed by atoms with Crippen LogP contribution in [0.3, 0.4) is 0 Å². The van der Waals surface area contributed by atoms with Crippen molar-refractivity contribution in [2.24, 2.45) is 0 Å². The normalized spacial score (nSPS) is 29.0. The first-order valence-electron chi connectivity index (χ1n) is 8.90. The van der Waals surface area contributed by atoms with E-state index in [1.807, 2.05) is 9.58 Å². The number of likely N-dealkylation sites (N-methyl/N-ethyl adjacent to an activating group) is 1. The number of carbonyl (C=O) groups is 1. The Balaban J connectivity index is 1.34. The lowest BCUT2D eigenvalue weighted by Crippen LogP contribution is -2.52. The van der Waals surface area contributed by atoms with Crippen molar-refractivity contribution < 1.29 is 9.53 Å². The summed E-state index contributed by atoms with van der Waals surface area (Å²) < 4.78 is 7.94. The van der Waals surface area contributed by atoms with Crippen molar-refractivity contribution in [1.29, 1.82) is 0 Å². The Morgan fingerprint density at radius 1 is 1.29 bits per heavy atom. The third-order valence-corrected chi connectivity index (χ3v) is 5.46. The molecule has 8 heteroatoms. The van der Waals surface area contributed by atoms with Crippen molar-refractivity contribution in [2.75, 3.05) is 52.9 Å². The Morgan fingerprint density at radius 3 is 3.12 bits per heavy atom. The summed E-state index contributed by atoms with van der Waals surface area (Å²) in [6.07, 6.45) is 3.82. The van der Waals surface area contributed by atoms with E-state index < -0.39 is 0 Å². The average molecular weight is 334 g/mol. The number of fused-ring (bicyclic) bond motifs is 3. The second kappa shape index (κ2) is 6.78. The lowest BCUT2D eigenvalue weighted by molar-refractivity contribution is -0.140. The molecule has 3 aliphatic heterocycles. The molecule has 2 atom stereocenters. The molecule has 1 amide bonds. The highest BCUT2D eigenvalue weighted by Gasteiger charge is 2.37. The second-order valence-corrected chi connectivity index (χ2v) is 7.15. The van der Waals surface area contributed by atoms with Crippen LogP contribution in [0, 0.1) is 0 Å². The van der Waals surface area contributed by atoms with Crippen LogP contribution in [-0.2, 0) is 16.1 Å². The molecule has 24 heavy (non-hydrogen) atoms. The zero-order chi connectivity index (χ0) is 16.5. The summed E-state index contributed by atoms with van der Waals surface area (Å²) in [7, 11) is 2.15. The minimum Gasteiger partial charge on any atom is -0.368 e. The maximum absolute atomic E-state index is 12.7. The third kappa shape index (κ3) is 3.18. The van der Waals surface area contributed by atoms with E-state index >= 15 is 0 Å². The SMILES string of the molecule is CN1CCCN(CC(=O)N2CC[C@H]3[C@H](C2)OCc2cnnn23)CC1. The number of hydrogen-bond acceptors (Lipinski definition) is 6. The maximum Gasteiger partial charge on any atom is 0.236 e. The Kier molecular flexibility index (Phi) is 4.51. The Labute approximate surface area is 142 Å². The minimum atomic E-state index is 0.0344. The number of carbonyl (C=O) groups excluding carboxylic acids is 1. The standard InChI is InChI=1S/C16H26N6O2/c1-19-4-2-5-20(8-7-19)11-16(23)21-6-3-14-15(10-21)24-12-13-9-17-18-22(13)14/h9,14-15H,2-8,10-12H2,1H3/t14-,15-/m0/s1. The monoisotopic (exact) mass is 334 g/mol. The van der Waals surface area contributed by atoms with Crippen LogP contribution in [0.15, 0.2) is 6.20 Å². The van der Waals surface area contributed by atoms with E-state index in [-0.39, 0.29) is 18.1 Å². The minimum absolute atomic E-state index is 0.0344. The smallest absolute Gasteiger partial charge is 0.236 e. The number of aromatic nitrogens is 3. The number of piperidine rings is 1. The molecular weight excluding hydrogens is 308 g/mol. The zero-order valence-corrected chi connectivity index (χ0v) is 14.3. The molecule has 0 unspecified atom stereocenters. The summed E-state index contributed by atoms with van der Waals surface area (Å²) in [5, 5.41) is 8.18. The van der Waals surface area contributed by atoms with Crippen LogP contribution in [0.25, 0.3) is 0 Å². The van der Waals surface area contributed by atoms with Gasteiger partial charge in [-0.2, -0.15) is 0 Å². The van der Waals surface area contributed by atoms with Gasteiger partial charge in [-0.05, 0) is 33.0 Å². The molecule has 0 spiro atoms. The molecule has 2 saturated heterocycles. The third-order valence-electron chi connectivity index (χ3n) is 5.46. The van der Waals surface area contributed by atoms with Gasteiger partial charge in [-0.25, -0.2) is 4.68 Å². The predicted octanol–water partition coefficient (Wildman–Crippen LogP) is -0.412. The van der Waals surface area contributed by atoms with Crippen LogP contribution in [0.2, 0.25) is 0 Å². The van der Waals surface area contributed by atoms with Gasteiger partial charge < -0.3 is 14.5 Å². The highest BCUT2D eigenvalue weighted by atomic mass is 16.5. The number of nitrogens with zero attached hydrogens (tertiary/aromatic N) is 6. The molecule has 0 bridgehead atoms. The van der Waals surface area contributed by atoms with Gasteiger partial charge >= 0.3 is 0 Å². The molecule has 0 aromatic carbocycles. The van der Waals surface area contributed by atoms with E-state index in [4.69, 9.17) is 4.74 Å². The van der Waals surface area contributed by atoms with E-state index in [1.165, 1.54) is 0 Å². The molecule has 2 fully saturated rings. The summed E-state index contributed by atoms with van der Waals surface area (Å²) in [6, 6.07) is 0.215. The number of rotatable bonds is 2.